The maximum absolute atomic E-state index is 5.28. The van der Waals surface area contributed by atoms with E-state index in [9.17, 15) is 0 Å². The molecule has 100 valence electrons. The van der Waals surface area contributed by atoms with Crippen LogP contribution in [0.15, 0.2) is 30.3 Å². The fraction of sp³-hybridized carbons (Fsp3) is 0.286. The van der Waals surface area contributed by atoms with Crippen molar-refractivity contribution in [1.29, 1.82) is 0 Å². The third-order valence-corrected chi connectivity index (χ3v) is 3.36. The van der Waals surface area contributed by atoms with Crippen molar-refractivity contribution in [1.82, 2.24) is 15.1 Å². The van der Waals surface area contributed by atoms with Crippen LogP contribution in [0.4, 0.5) is 5.69 Å². The van der Waals surface area contributed by atoms with Gasteiger partial charge in [0.15, 0.2) is 5.11 Å². The Kier molecular flexibility index (Phi) is 4.16. The third kappa shape index (κ3) is 3.32. The lowest BCUT2D eigenvalue weighted by molar-refractivity contribution is 0.729. The first-order chi connectivity index (χ1) is 9.08. The average molecular weight is 274 g/mol. The molecular weight excluding hydrogens is 256 g/mol. The maximum atomic E-state index is 5.28. The van der Waals surface area contributed by atoms with Crippen LogP contribution < -0.4 is 10.6 Å². The maximum Gasteiger partial charge on any atom is 0.171 e. The molecule has 19 heavy (non-hydrogen) atoms. The van der Waals surface area contributed by atoms with Crippen LogP contribution >= 0.6 is 12.2 Å². The van der Waals surface area contributed by atoms with Crippen LogP contribution in [0.5, 0.6) is 0 Å². The summed E-state index contributed by atoms with van der Waals surface area (Å²) in [7, 11) is 1.95. The van der Waals surface area contributed by atoms with E-state index in [1.807, 2.05) is 49.0 Å². The molecule has 0 aliphatic carbocycles. The van der Waals surface area contributed by atoms with Gasteiger partial charge in [0.25, 0.3) is 0 Å². The van der Waals surface area contributed by atoms with Crippen molar-refractivity contribution in [2.45, 2.75) is 20.4 Å². The van der Waals surface area contributed by atoms with E-state index in [1.54, 1.807) is 0 Å². The number of nitrogens with zero attached hydrogens (tertiary/aromatic N) is 2. The SMILES string of the molecule is Cc1nn(C)c(C)c1CNC(=S)Nc1ccccc1. The van der Waals surface area contributed by atoms with Gasteiger partial charge < -0.3 is 10.6 Å². The van der Waals surface area contributed by atoms with Gasteiger partial charge in [0.2, 0.25) is 0 Å². The van der Waals surface area contributed by atoms with E-state index < -0.39 is 0 Å². The molecule has 1 aromatic carbocycles. The average Bonchev–Trinajstić information content (AvgIpc) is 2.62. The molecule has 2 aromatic rings. The smallest absolute Gasteiger partial charge is 0.171 e. The zero-order valence-electron chi connectivity index (χ0n) is 11.4. The quantitative estimate of drug-likeness (QED) is 0.844. The molecule has 0 atom stereocenters. The monoisotopic (exact) mass is 274 g/mol. The zero-order valence-corrected chi connectivity index (χ0v) is 12.2. The number of nitrogens with one attached hydrogen (secondary N) is 2. The first kappa shape index (κ1) is 13.5. The summed E-state index contributed by atoms with van der Waals surface area (Å²) in [6, 6.07) is 9.88. The minimum absolute atomic E-state index is 0.619. The highest BCUT2D eigenvalue weighted by Crippen LogP contribution is 2.11. The topological polar surface area (TPSA) is 41.9 Å². The van der Waals surface area contributed by atoms with Crippen LogP contribution in [-0.4, -0.2) is 14.9 Å². The van der Waals surface area contributed by atoms with E-state index >= 15 is 0 Å². The lowest BCUT2D eigenvalue weighted by Crippen LogP contribution is -2.28. The fourth-order valence-electron chi connectivity index (χ4n) is 1.94. The van der Waals surface area contributed by atoms with Gasteiger partial charge in [0, 0.05) is 30.5 Å². The molecule has 2 N–H and O–H groups in total. The van der Waals surface area contributed by atoms with Crippen molar-refractivity contribution in [3.05, 3.63) is 47.3 Å². The Bertz CT molecular complexity index is 575. The predicted molar refractivity (Wildman–Crippen MR) is 82.2 cm³/mol. The molecule has 1 heterocycles. The molecule has 0 spiro atoms. The standard InChI is InChI=1S/C14H18N4S/c1-10-13(11(2)18(3)17-10)9-15-14(19)16-12-7-5-4-6-8-12/h4-8H,9H2,1-3H3,(H2,15,16,19). The number of rotatable bonds is 3. The van der Waals surface area contributed by atoms with Gasteiger partial charge in [-0.15, -0.1) is 0 Å². The molecule has 0 amide bonds. The van der Waals surface area contributed by atoms with E-state index in [-0.39, 0.29) is 0 Å². The number of para-hydroxylation sites is 1. The minimum Gasteiger partial charge on any atom is -0.358 e. The Morgan fingerprint density at radius 2 is 1.95 bits per heavy atom. The number of hydrogen-bond donors (Lipinski definition) is 2. The first-order valence-corrected chi connectivity index (χ1v) is 6.57. The molecule has 4 nitrogen and oxygen atoms in total. The molecule has 0 fully saturated rings. The van der Waals surface area contributed by atoms with Crippen molar-refractivity contribution in [3.63, 3.8) is 0 Å². The van der Waals surface area contributed by atoms with Crippen molar-refractivity contribution < 1.29 is 0 Å². The van der Waals surface area contributed by atoms with Gasteiger partial charge >= 0.3 is 0 Å². The van der Waals surface area contributed by atoms with Crippen LogP contribution in [0.25, 0.3) is 0 Å². The molecule has 0 unspecified atom stereocenters. The number of thiocarbonyl (C=S) groups is 1. The number of anilines is 1. The summed E-state index contributed by atoms with van der Waals surface area (Å²) in [6.07, 6.45) is 0. The van der Waals surface area contributed by atoms with Gasteiger partial charge in [-0.3, -0.25) is 4.68 Å². The summed E-state index contributed by atoms with van der Waals surface area (Å²) in [5.41, 5.74) is 4.38. The van der Waals surface area contributed by atoms with E-state index in [0.29, 0.717) is 11.7 Å². The third-order valence-electron chi connectivity index (χ3n) is 3.12. The van der Waals surface area contributed by atoms with E-state index in [1.165, 1.54) is 5.56 Å². The van der Waals surface area contributed by atoms with Gasteiger partial charge in [-0.2, -0.15) is 5.10 Å². The summed E-state index contributed by atoms with van der Waals surface area (Å²) in [4.78, 5) is 0. The number of hydrogen-bond acceptors (Lipinski definition) is 2. The van der Waals surface area contributed by atoms with Crippen molar-refractivity contribution >= 4 is 23.0 Å². The summed E-state index contributed by atoms with van der Waals surface area (Å²) in [5.74, 6) is 0. The highest BCUT2D eigenvalue weighted by atomic mass is 32.1. The second-order valence-corrected chi connectivity index (χ2v) is 4.85. The van der Waals surface area contributed by atoms with Crippen molar-refractivity contribution in [3.8, 4) is 0 Å². The van der Waals surface area contributed by atoms with Gasteiger partial charge in [-0.25, -0.2) is 0 Å². The summed E-state index contributed by atoms with van der Waals surface area (Å²) >= 11 is 5.28. The van der Waals surface area contributed by atoms with Gasteiger partial charge in [0.05, 0.1) is 5.69 Å². The molecular formula is C14H18N4S. The molecule has 0 radical (unpaired) electrons. The lowest BCUT2D eigenvalue weighted by atomic mass is 10.2. The first-order valence-electron chi connectivity index (χ1n) is 6.17. The molecule has 0 aliphatic rings. The van der Waals surface area contributed by atoms with Crippen LogP contribution in [0.3, 0.4) is 0 Å². The Morgan fingerprint density at radius 1 is 1.26 bits per heavy atom. The van der Waals surface area contributed by atoms with E-state index in [4.69, 9.17) is 12.2 Å². The number of aryl methyl sites for hydroxylation is 2. The Labute approximate surface area is 118 Å². The largest absolute Gasteiger partial charge is 0.358 e. The molecule has 0 aliphatic heterocycles. The Morgan fingerprint density at radius 3 is 2.53 bits per heavy atom. The van der Waals surface area contributed by atoms with Gasteiger partial charge in [0.1, 0.15) is 0 Å². The highest BCUT2D eigenvalue weighted by Gasteiger charge is 2.09. The normalized spacial score (nSPS) is 10.3. The van der Waals surface area contributed by atoms with Crippen LogP contribution in [0.2, 0.25) is 0 Å². The second-order valence-electron chi connectivity index (χ2n) is 4.45. The van der Waals surface area contributed by atoms with Crippen molar-refractivity contribution in [2.24, 2.45) is 7.05 Å². The van der Waals surface area contributed by atoms with E-state index in [0.717, 1.165) is 17.1 Å². The minimum atomic E-state index is 0.619. The van der Waals surface area contributed by atoms with Gasteiger partial charge in [-0.1, -0.05) is 18.2 Å². The summed E-state index contributed by atoms with van der Waals surface area (Å²) in [5, 5.41) is 11.4. The molecule has 0 saturated heterocycles. The predicted octanol–water partition coefficient (Wildman–Crippen LogP) is 2.52. The Balaban J connectivity index is 1.94. The fourth-order valence-corrected chi connectivity index (χ4v) is 2.13. The van der Waals surface area contributed by atoms with Gasteiger partial charge in [-0.05, 0) is 38.2 Å². The zero-order chi connectivity index (χ0) is 13.8. The van der Waals surface area contributed by atoms with Crippen LogP contribution in [0.1, 0.15) is 17.0 Å². The van der Waals surface area contributed by atoms with Crippen LogP contribution in [0, 0.1) is 13.8 Å². The second kappa shape index (κ2) is 5.84. The molecule has 2 rings (SSSR count). The summed E-state index contributed by atoms with van der Waals surface area (Å²) < 4.78 is 1.89. The van der Waals surface area contributed by atoms with E-state index in [2.05, 4.69) is 22.7 Å². The highest BCUT2D eigenvalue weighted by molar-refractivity contribution is 7.80. The van der Waals surface area contributed by atoms with Crippen molar-refractivity contribution in [2.75, 3.05) is 5.32 Å². The molecule has 5 heteroatoms. The molecule has 1 aromatic heterocycles. The lowest BCUT2D eigenvalue weighted by Gasteiger charge is -2.10. The summed E-state index contributed by atoms with van der Waals surface area (Å²) in [6.45, 7) is 4.76. The number of benzene rings is 1. The number of aromatic nitrogens is 2. The van der Waals surface area contributed by atoms with Crippen LogP contribution in [-0.2, 0) is 13.6 Å². The molecule has 0 bridgehead atoms. The molecule has 0 saturated carbocycles. The Hall–Kier alpha value is -1.88.